The summed E-state index contributed by atoms with van der Waals surface area (Å²) in [5.74, 6) is 1.52. The molecule has 1 aromatic carbocycles. The van der Waals surface area contributed by atoms with Gasteiger partial charge in [0.2, 0.25) is 0 Å². The van der Waals surface area contributed by atoms with Crippen molar-refractivity contribution in [3.05, 3.63) is 39.7 Å². The topological polar surface area (TPSA) is 20.2 Å². The van der Waals surface area contributed by atoms with Crippen LogP contribution in [0.5, 0.6) is 0 Å². The minimum atomic E-state index is 0.119. The summed E-state index contributed by atoms with van der Waals surface area (Å²) in [6, 6.07) is 6.30. The lowest BCUT2D eigenvalue weighted by Gasteiger charge is -2.12. The number of halogens is 1. The third kappa shape index (κ3) is 2.82. The number of rotatable bonds is 3. The number of hydrogen-bond acceptors (Lipinski definition) is 1. The van der Waals surface area contributed by atoms with Crippen molar-refractivity contribution in [2.75, 3.05) is 6.61 Å². The van der Waals surface area contributed by atoms with Crippen molar-refractivity contribution in [1.29, 1.82) is 0 Å². The molecule has 0 aromatic heterocycles. The van der Waals surface area contributed by atoms with E-state index in [1.807, 2.05) is 13.0 Å². The molecule has 0 aliphatic heterocycles. The first-order chi connectivity index (χ1) is 6.54. The van der Waals surface area contributed by atoms with Gasteiger partial charge in [-0.1, -0.05) is 42.8 Å². The van der Waals surface area contributed by atoms with Crippen LogP contribution in [0.15, 0.2) is 22.7 Å². The predicted molar refractivity (Wildman–Crippen MR) is 63.3 cm³/mol. The van der Waals surface area contributed by atoms with Crippen molar-refractivity contribution in [3.63, 3.8) is 0 Å². The van der Waals surface area contributed by atoms with Crippen LogP contribution in [0.1, 0.15) is 37.8 Å². The Balaban J connectivity index is 3.07. The molecule has 1 N–H and O–H groups in total. The van der Waals surface area contributed by atoms with Crippen molar-refractivity contribution >= 4 is 15.9 Å². The molecule has 1 aromatic rings. The van der Waals surface area contributed by atoms with Crippen LogP contribution in [0.3, 0.4) is 0 Å². The first kappa shape index (κ1) is 11.7. The molecule has 0 spiro atoms. The molecule has 1 rings (SSSR count). The summed E-state index contributed by atoms with van der Waals surface area (Å²) in [6.07, 6.45) is 0. The Morgan fingerprint density at radius 1 is 1.36 bits per heavy atom. The molecule has 0 aliphatic rings. The second-order valence-corrected chi connectivity index (χ2v) is 4.78. The van der Waals surface area contributed by atoms with Crippen LogP contribution in [0.2, 0.25) is 0 Å². The number of aliphatic hydroxyl groups is 1. The molecule has 1 nitrogen and oxygen atoms in total. The fraction of sp³-hybridized carbons (Fsp3) is 0.417. The molecule has 14 heavy (non-hydrogen) atoms. The van der Waals surface area contributed by atoms with Crippen LogP contribution in [-0.2, 0) is 0 Å². The largest absolute Gasteiger partial charge is 0.395 e. The molecule has 0 saturated carbocycles. The third-order valence-electron chi connectivity index (χ3n) is 2.32. The molecular weight excluding hydrogens is 240 g/mol. The summed E-state index contributed by atoms with van der Waals surface area (Å²) in [5.41, 5.74) is 2.41. The Hall–Kier alpha value is -0.340. The first-order valence-electron chi connectivity index (χ1n) is 4.78. The highest BCUT2D eigenvalue weighted by molar-refractivity contribution is 9.10. The first-order valence-corrected chi connectivity index (χ1v) is 5.58. The van der Waals surface area contributed by atoms with Crippen molar-refractivity contribution < 1.29 is 5.11 Å². The molecule has 0 unspecified atom stereocenters. The maximum atomic E-state index is 9.06. The van der Waals surface area contributed by atoms with E-state index in [9.17, 15) is 0 Å². The van der Waals surface area contributed by atoms with Gasteiger partial charge in [-0.3, -0.25) is 0 Å². The van der Waals surface area contributed by atoms with Crippen LogP contribution in [0.4, 0.5) is 0 Å². The third-order valence-corrected chi connectivity index (χ3v) is 2.77. The molecular formula is C12H16BrO. The van der Waals surface area contributed by atoms with Gasteiger partial charge in [-0.15, -0.1) is 0 Å². The molecule has 0 heterocycles. The van der Waals surface area contributed by atoms with Gasteiger partial charge < -0.3 is 5.11 Å². The molecule has 2 heteroatoms. The van der Waals surface area contributed by atoms with E-state index in [0.29, 0.717) is 5.92 Å². The molecule has 0 bridgehead atoms. The zero-order valence-corrected chi connectivity index (χ0v) is 10.4. The minimum absolute atomic E-state index is 0.119. The Morgan fingerprint density at radius 3 is 2.50 bits per heavy atom. The second kappa shape index (κ2) is 4.94. The van der Waals surface area contributed by atoms with Crippen molar-refractivity contribution in [2.24, 2.45) is 0 Å². The van der Waals surface area contributed by atoms with Gasteiger partial charge in [0.1, 0.15) is 0 Å². The van der Waals surface area contributed by atoms with Gasteiger partial charge >= 0.3 is 0 Å². The van der Waals surface area contributed by atoms with Gasteiger partial charge in [-0.25, -0.2) is 0 Å². The van der Waals surface area contributed by atoms with Crippen LogP contribution >= 0.6 is 15.9 Å². The molecule has 0 saturated heterocycles. The Labute approximate surface area is 94.3 Å². The van der Waals surface area contributed by atoms with E-state index < -0.39 is 0 Å². The number of benzene rings is 1. The van der Waals surface area contributed by atoms with E-state index in [4.69, 9.17) is 5.11 Å². The average molecular weight is 256 g/mol. The summed E-state index contributed by atoms with van der Waals surface area (Å²) < 4.78 is 1.08. The van der Waals surface area contributed by atoms with Gasteiger partial charge in [0.15, 0.2) is 0 Å². The highest BCUT2D eigenvalue weighted by atomic mass is 79.9. The van der Waals surface area contributed by atoms with E-state index >= 15 is 0 Å². The number of aliphatic hydroxyl groups excluding tert-OH is 1. The standard InChI is InChI=1S/C12H16BrO/c1-8(2)10-4-11(9(3)7-14)6-12(13)5-10/h4-6,8,14H,7H2,1-3H3. The Morgan fingerprint density at radius 2 is 2.00 bits per heavy atom. The zero-order valence-electron chi connectivity index (χ0n) is 8.84. The summed E-state index contributed by atoms with van der Waals surface area (Å²) in [7, 11) is 0. The van der Waals surface area contributed by atoms with Crippen LogP contribution in [-0.4, -0.2) is 11.7 Å². The predicted octanol–water partition coefficient (Wildman–Crippen LogP) is 3.51. The zero-order chi connectivity index (χ0) is 10.7. The Bertz CT molecular complexity index is 307. The molecule has 0 atom stereocenters. The average Bonchev–Trinajstić information content (AvgIpc) is 2.15. The summed E-state index contributed by atoms with van der Waals surface area (Å²) in [4.78, 5) is 0. The lowest BCUT2D eigenvalue weighted by atomic mass is 9.95. The van der Waals surface area contributed by atoms with E-state index in [0.717, 1.165) is 16.0 Å². The van der Waals surface area contributed by atoms with Crippen molar-refractivity contribution in [3.8, 4) is 0 Å². The lowest BCUT2D eigenvalue weighted by Crippen LogP contribution is -2.01. The van der Waals surface area contributed by atoms with Crippen LogP contribution < -0.4 is 0 Å². The maximum Gasteiger partial charge on any atom is 0.0534 e. The summed E-state index contributed by atoms with van der Waals surface area (Å²) >= 11 is 3.48. The maximum absolute atomic E-state index is 9.06. The minimum Gasteiger partial charge on any atom is -0.395 e. The van der Waals surface area contributed by atoms with Gasteiger partial charge in [-0.2, -0.15) is 0 Å². The Kier molecular flexibility index (Phi) is 4.14. The molecule has 0 amide bonds. The SMILES string of the molecule is C[C](CO)c1cc(Br)cc(C(C)C)c1. The quantitative estimate of drug-likeness (QED) is 0.877. The van der Waals surface area contributed by atoms with Gasteiger partial charge in [-0.05, 0) is 29.2 Å². The monoisotopic (exact) mass is 255 g/mol. The van der Waals surface area contributed by atoms with Crippen LogP contribution in [0, 0.1) is 5.92 Å². The smallest absolute Gasteiger partial charge is 0.0534 e. The van der Waals surface area contributed by atoms with E-state index in [1.54, 1.807) is 0 Å². The highest BCUT2D eigenvalue weighted by Crippen LogP contribution is 2.25. The molecule has 0 aliphatic carbocycles. The summed E-state index contributed by atoms with van der Waals surface area (Å²) in [5, 5.41) is 9.06. The van der Waals surface area contributed by atoms with Crippen molar-refractivity contribution in [2.45, 2.75) is 26.7 Å². The fourth-order valence-corrected chi connectivity index (χ4v) is 1.79. The van der Waals surface area contributed by atoms with E-state index in [1.165, 1.54) is 5.56 Å². The second-order valence-electron chi connectivity index (χ2n) is 3.87. The molecule has 77 valence electrons. The highest BCUT2D eigenvalue weighted by Gasteiger charge is 2.08. The lowest BCUT2D eigenvalue weighted by molar-refractivity contribution is 0.315. The molecule has 0 fully saturated rings. The van der Waals surface area contributed by atoms with E-state index in [-0.39, 0.29) is 6.61 Å². The summed E-state index contributed by atoms with van der Waals surface area (Å²) in [6.45, 7) is 6.40. The van der Waals surface area contributed by atoms with Gasteiger partial charge in [0.05, 0.1) is 6.61 Å². The van der Waals surface area contributed by atoms with Crippen molar-refractivity contribution in [1.82, 2.24) is 0 Å². The van der Waals surface area contributed by atoms with Gasteiger partial charge in [0, 0.05) is 10.4 Å². The normalized spacial score (nSPS) is 11.4. The fourth-order valence-electron chi connectivity index (χ4n) is 1.28. The van der Waals surface area contributed by atoms with E-state index in [2.05, 4.69) is 41.9 Å². The van der Waals surface area contributed by atoms with Crippen LogP contribution in [0.25, 0.3) is 0 Å². The molecule has 1 radical (unpaired) electrons. The van der Waals surface area contributed by atoms with Gasteiger partial charge in [0.25, 0.3) is 0 Å². The number of hydrogen-bond donors (Lipinski definition) is 1.